The van der Waals surface area contributed by atoms with Crippen LogP contribution in [0.2, 0.25) is 5.02 Å². The molecule has 2 aromatic rings. The Kier molecular flexibility index (Phi) is 5.17. The van der Waals surface area contributed by atoms with Gasteiger partial charge in [0.15, 0.2) is 0 Å². The van der Waals surface area contributed by atoms with Gasteiger partial charge in [-0.2, -0.15) is 0 Å². The van der Waals surface area contributed by atoms with Crippen molar-refractivity contribution in [2.45, 2.75) is 19.4 Å². The second kappa shape index (κ2) is 7.09. The highest BCUT2D eigenvalue weighted by molar-refractivity contribution is 6.33. The third-order valence-corrected chi connectivity index (χ3v) is 3.61. The minimum atomic E-state index is -0.981. The highest BCUT2D eigenvalue weighted by Crippen LogP contribution is 2.20. The van der Waals surface area contributed by atoms with E-state index in [0.29, 0.717) is 10.6 Å². The van der Waals surface area contributed by atoms with Crippen LogP contribution in [0.4, 0.5) is 0 Å². The number of amides is 1. The first-order valence-corrected chi connectivity index (χ1v) is 7.19. The molecule has 0 spiro atoms. The fourth-order valence-corrected chi connectivity index (χ4v) is 2.33. The number of nitrogens with one attached hydrogen (secondary N) is 1. The number of benzene rings is 2. The average molecular weight is 318 g/mol. The summed E-state index contributed by atoms with van der Waals surface area (Å²) in [4.78, 5) is 23.4. The Labute approximate surface area is 133 Å². The number of carbonyl (C=O) groups is 2. The molecule has 2 rings (SSSR count). The first-order valence-electron chi connectivity index (χ1n) is 6.81. The van der Waals surface area contributed by atoms with Crippen molar-refractivity contribution in [3.05, 3.63) is 70.2 Å². The van der Waals surface area contributed by atoms with E-state index in [9.17, 15) is 9.59 Å². The fourth-order valence-electron chi connectivity index (χ4n) is 2.11. The molecule has 22 heavy (non-hydrogen) atoms. The molecule has 2 N–H and O–H groups in total. The van der Waals surface area contributed by atoms with Crippen molar-refractivity contribution in [1.82, 2.24) is 5.32 Å². The van der Waals surface area contributed by atoms with Crippen LogP contribution < -0.4 is 5.32 Å². The average Bonchev–Trinajstić information content (AvgIpc) is 2.47. The molecule has 0 heterocycles. The Morgan fingerprint density at radius 1 is 1.14 bits per heavy atom. The molecule has 5 heteroatoms. The van der Waals surface area contributed by atoms with Crippen molar-refractivity contribution in [3.8, 4) is 0 Å². The van der Waals surface area contributed by atoms with E-state index in [1.165, 1.54) is 0 Å². The molecule has 0 aromatic heterocycles. The lowest BCUT2D eigenvalue weighted by molar-refractivity contribution is -0.137. The van der Waals surface area contributed by atoms with E-state index >= 15 is 0 Å². The second-order valence-corrected chi connectivity index (χ2v) is 5.42. The van der Waals surface area contributed by atoms with Gasteiger partial charge in [-0.25, -0.2) is 0 Å². The summed E-state index contributed by atoms with van der Waals surface area (Å²) in [5, 5.41) is 12.1. The zero-order valence-electron chi connectivity index (χ0n) is 12.0. The fraction of sp³-hybridized carbons (Fsp3) is 0.176. The first-order chi connectivity index (χ1) is 10.5. The summed E-state index contributed by atoms with van der Waals surface area (Å²) in [5.41, 5.74) is 2.13. The molecule has 0 radical (unpaired) electrons. The molecule has 114 valence electrons. The minimum absolute atomic E-state index is 0.195. The van der Waals surface area contributed by atoms with Crippen molar-refractivity contribution >= 4 is 23.5 Å². The van der Waals surface area contributed by atoms with E-state index in [2.05, 4.69) is 5.32 Å². The molecule has 2 aromatic carbocycles. The lowest BCUT2D eigenvalue weighted by Crippen LogP contribution is -2.30. The summed E-state index contributed by atoms with van der Waals surface area (Å²) in [7, 11) is 0. The predicted octanol–water partition coefficient (Wildman–Crippen LogP) is 3.59. The Balaban J connectivity index is 2.23. The molecular weight excluding hydrogens is 302 g/mol. The van der Waals surface area contributed by atoms with Crippen molar-refractivity contribution in [1.29, 1.82) is 0 Å². The molecule has 0 aliphatic rings. The molecule has 0 aliphatic carbocycles. The van der Waals surface area contributed by atoms with Gasteiger partial charge in [0.2, 0.25) is 0 Å². The minimum Gasteiger partial charge on any atom is -0.481 e. The van der Waals surface area contributed by atoms with E-state index in [-0.39, 0.29) is 6.42 Å². The van der Waals surface area contributed by atoms with Crippen LogP contribution in [0.1, 0.15) is 33.9 Å². The Bertz CT molecular complexity index is 683. The van der Waals surface area contributed by atoms with Gasteiger partial charge in [0, 0.05) is 0 Å². The van der Waals surface area contributed by atoms with Crippen LogP contribution in [0.5, 0.6) is 0 Å². The summed E-state index contributed by atoms with van der Waals surface area (Å²) in [6.45, 7) is 1.94. The molecule has 0 fully saturated rings. The normalized spacial score (nSPS) is 11.7. The molecule has 0 unspecified atom stereocenters. The molecule has 0 aliphatic heterocycles. The maximum Gasteiger partial charge on any atom is 0.305 e. The zero-order chi connectivity index (χ0) is 16.1. The zero-order valence-corrected chi connectivity index (χ0v) is 12.8. The lowest BCUT2D eigenvalue weighted by Gasteiger charge is -2.18. The van der Waals surface area contributed by atoms with Crippen molar-refractivity contribution in [2.24, 2.45) is 0 Å². The van der Waals surface area contributed by atoms with Gasteiger partial charge in [-0.15, -0.1) is 0 Å². The van der Waals surface area contributed by atoms with Crippen LogP contribution in [-0.2, 0) is 4.79 Å². The molecular formula is C17H16ClNO3. The SMILES string of the molecule is Cc1ccc([C@H](CC(=O)O)NC(=O)c2ccccc2Cl)cc1. The topological polar surface area (TPSA) is 66.4 Å². The van der Waals surface area contributed by atoms with Gasteiger partial charge in [-0.1, -0.05) is 53.6 Å². The number of hydrogen-bond donors (Lipinski definition) is 2. The standard InChI is InChI=1S/C17H16ClNO3/c1-11-6-8-12(9-7-11)15(10-16(20)21)19-17(22)13-4-2-3-5-14(13)18/h2-9,15H,10H2,1H3,(H,19,22)(H,20,21)/t15-/m0/s1. The monoisotopic (exact) mass is 317 g/mol. The molecule has 4 nitrogen and oxygen atoms in total. The van der Waals surface area contributed by atoms with E-state index < -0.39 is 17.9 Å². The van der Waals surface area contributed by atoms with Crippen molar-refractivity contribution in [3.63, 3.8) is 0 Å². The van der Waals surface area contributed by atoms with E-state index in [1.54, 1.807) is 24.3 Å². The van der Waals surface area contributed by atoms with E-state index in [1.807, 2.05) is 31.2 Å². The largest absolute Gasteiger partial charge is 0.481 e. The third-order valence-electron chi connectivity index (χ3n) is 3.28. The van der Waals surface area contributed by atoms with Crippen LogP contribution in [0, 0.1) is 6.92 Å². The summed E-state index contributed by atoms with van der Waals surface area (Å²) >= 11 is 6.00. The van der Waals surface area contributed by atoms with Gasteiger partial charge in [0.1, 0.15) is 0 Å². The smallest absolute Gasteiger partial charge is 0.305 e. The quantitative estimate of drug-likeness (QED) is 0.885. The van der Waals surface area contributed by atoms with Crippen LogP contribution in [0.25, 0.3) is 0 Å². The molecule has 0 saturated heterocycles. The van der Waals surface area contributed by atoms with E-state index in [4.69, 9.17) is 16.7 Å². The highest BCUT2D eigenvalue weighted by Gasteiger charge is 2.20. The van der Waals surface area contributed by atoms with Crippen LogP contribution in [0.15, 0.2) is 48.5 Å². The van der Waals surface area contributed by atoms with Crippen molar-refractivity contribution in [2.75, 3.05) is 0 Å². The maximum absolute atomic E-state index is 12.3. The number of halogens is 1. The number of aryl methyl sites for hydroxylation is 1. The highest BCUT2D eigenvalue weighted by atomic mass is 35.5. The van der Waals surface area contributed by atoms with Crippen molar-refractivity contribution < 1.29 is 14.7 Å². The first kappa shape index (κ1) is 16.0. The lowest BCUT2D eigenvalue weighted by atomic mass is 10.0. The number of hydrogen-bond acceptors (Lipinski definition) is 2. The third kappa shape index (κ3) is 4.09. The number of rotatable bonds is 5. The van der Waals surface area contributed by atoms with Crippen LogP contribution >= 0.6 is 11.6 Å². The number of carboxylic acids is 1. The van der Waals surface area contributed by atoms with Gasteiger partial charge in [0.05, 0.1) is 23.0 Å². The summed E-state index contributed by atoms with van der Waals surface area (Å²) < 4.78 is 0. The van der Waals surface area contributed by atoms with Gasteiger partial charge < -0.3 is 10.4 Å². The van der Waals surface area contributed by atoms with Crippen LogP contribution in [0.3, 0.4) is 0 Å². The predicted molar refractivity (Wildman–Crippen MR) is 85.1 cm³/mol. The van der Waals surface area contributed by atoms with E-state index in [0.717, 1.165) is 11.1 Å². The Morgan fingerprint density at radius 3 is 2.36 bits per heavy atom. The summed E-state index contributed by atoms with van der Waals surface area (Å²) in [6.07, 6.45) is -0.195. The van der Waals surface area contributed by atoms with Gasteiger partial charge in [-0.3, -0.25) is 9.59 Å². The van der Waals surface area contributed by atoms with Gasteiger partial charge >= 0.3 is 5.97 Å². The Hall–Kier alpha value is -2.33. The van der Waals surface area contributed by atoms with Gasteiger partial charge in [-0.05, 0) is 24.6 Å². The number of carboxylic acid groups (broad SMARTS) is 1. The Morgan fingerprint density at radius 2 is 1.77 bits per heavy atom. The summed E-state index contributed by atoms with van der Waals surface area (Å²) in [6, 6.07) is 13.4. The number of carbonyl (C=O) groups excluding carboxylic acids is 1. The van der Waals surface area contributed by atoms with Gasteiger partial charge in [0.25, 0.3) is 5.91 Å². The molecule has 1 amide bonds. The molecule has 1 atom stereocenters. The summed E-state index contributed by atoms with van der Waals surface area (Å²) in [5.74, 6) is -1.37. The number of aliphatic carboxylic acids is 1. The molecule has 0 saturated carbocycles. The van der Waals surface area contributed by atoms with Crippen LogP contribution in [-0.4, -0.2) is 17.0 Å². The second-order valence-electron chi connectivity index (χ2n) is 5.01. The maximum atomic E-state index is 12.3. The molecule has 0 bridgehead atoms.